The Morgan fingerprint density at radius 3 is 3.00 bits per heavy atom. The Morgan fingerprint density at radius 1 is 1.35 bits per heavy atom. The second kappa shape index (κ2) is 5.46. The molecule has 5 nitrogen and oxygen atoms in total. The summed E-state index contributed by atoms with van der Waals surface area (Å²) in [4.78, 5) is 24.1. The molecule has 1 aromatic carbocycles. The zero-order valence-corrected chi connectivity index (χ0v) is 11.0. The number of carbonyl (C=O) groups is 1. The molecule has 1 amide bonds. The normalized spacial score (nSPS) is 18.9. The molecule has 2 N–H and O–H groups in total. The minimum Gasteiger partial charge on any atom is -0.451 e. The summed E-state index contributed by atoms with van der Waals surface area (Å²) in [5.74, 6) is -0.263. The lowest BCUT2D eigenvalue weighted by atomic mass is 10.1. The second-order valence-corrected chi connectivity index (χ2v) is 4.99. The van der Waals surface area contributed by atoms with Crippen molar-refractivity contribution in [3.8, 4) is 0 Å². The number of piperidine rings is 1. The molecule has 1 unspecified atom stereocenters. The van der Waals surface area contributed by atoms with Crippen LogP contribution in [0.1, 0.15) is 23.4 Å². The Kier molecular flexibility index (Phi) is 3.52. The van der Waals surface area contributed by atoms with Gasteiger partial charge in [-0.05, 0) is 31.5 Å². The zero-order valence-electron chi connectivity index (χ0n) is 11.0. The Labute approximate surface area is 116 Å². The van der Waals surface area contributed by atoms with Crippen molar-refractivity contribution < 1.29 is 9.21 Å². The Morgan fingerprint density at radius 2 is 2.20 bits per heavy atom. The van der Waals surface area contributed by atoms with Gasteiger partial charge in [0.2, 0.25) is 0 Å². The molecule has 20 heavy (non-hydrogen) atoms. The molecule has 0 saturated carbocycles. The van der Waals surface area contributed by atoms with Crippen molar-refractivity contribution in [2.24, 2.45) is 0 Å². The summed E-state index contributed by atoms with van der Waals surface area (Å²) in [5.41, 5.74) is 0.241. The van der Waals surface area contributed by atoms with Gasteiger partial charge in [0.25, 0.3) is 5.91 Å². The molecule has 1 aliphatic rings. The number of benzene rings is 1. The van der Waals surface area contributed by atoms with E-state index in [1.54, 1.807) is 24.3 Å². The standard InChI is InChI=1S/C15H16N2O3/c18-12-8-14(20-13-6-2-1-5-11(12)13)15(19)17-10-4-3-7-16-9-10/h1-2,5-6,8,10,16H,3-4,7,9H2,(H,17,19). The molecule has 1 atom stereocenters. The van der Waals surface area contributed by atoms with Crippen LogP contribution < -0.4 is 16.1 Å². The van der Waals surface area contributed by atoms with E-state index in [4.69, 9.17) is 4.42 Å². The summed E-state index contributed by atoms with van der Waals surface area (Å²) in [6, 6.07) is 8.27. The first-order valence-electron chi connectivity index (χ1n) is 6.78. The zero-order chi connectivity index (χ0) is 13.9. The van der Waals surface area contributed by atoms with E-state index in [0.29, 0.717) is 11.0 Å². The van der Waals surface area contributed by atoms with Crippen LogP contribution in [-0.2, 0) is 0 Å². The minimum atomic E-state index is -0.332. The lowest BCUT2D eigenvalue weighted by Crippen LogP contribution is -2.45. The SMILES string of the molecule is O=C(NC1CCCNC1)c1cc(=O)c2ccccc2o1. The smallest absolute Gasteiger partial charge is 0.287 e. The van der Waals surface area contributed by atoms with Gasteiger partial charge in [0.05, 0.1) is 5.39 Å². The summed E-state index contributed by atoms with van der Waals surface area (Å²) >= 11 is 0. The van der Waals surface area contributed by atoms with E-state index in [9.17, 15) is 9.59 Å². The summed E-state index contributed by atoms with van der Waals surface area (Å²) in [7, 11) is 0. The van der Waals surface area contributed by atoms with E-state index in [0.717, 1.165) is 25.9 Å². The summed E-state index contributed by atoms with van der Waals surface area (Å²) in [6.07, 6.45) is 1.98. The average Bonchev–Trinajstić information content (AvgIpc) is 2.48. The maximum atomic E-state index is 12.1. The molecule has 0 radical (unpaired) electrons. The van der Waals surface area contributed by atoms with Crippen molar-refractivity contribution in [3.05, 3.63) is 46.3 Å². The summed E-state index contributed by atoms with van der Waals surface area (Å²) < 4.78 is 5.51. The number of amides is 1. The van der Waals surface area contributed by atoms with Gasteiger partial charge in [-0.15, -0.1) is 0 Å². The predicted octanol–water partition coefficient (Wildman–Crippen LogP) is 1.27. The molecule has 0 bridgehead atoms. The van der Waals surface area contributed by atoms with Crippen LogP contribution in [0.2, 0.25) is 0 Å². The van der Waals surface area contributed by atoms with Gasteiger partial charge < -0.3 is 15.1 Å². The molecule has 3 rings (SSSR count). The van der Waals surface area contributed by atoms with Gasteiger partial charge in [-0.2, -0.15) is 0 Å². The van der Waals surface area contributed by atoms with Gasteiger partial charge in [-0.25, -0.2) is 0 Å². The third kappa shape index (κ3) is 2.58. The maximum Gasteiger partial charge on any atom is 0.287 e. The van der Waals surface area contributed by atoms with E-state index < -0.39 is 0 Å². The van der Waals surface area contributed by atoms with Crippen LogP contribution in [0.4, 0.5) is 0 Å². The van der Waals surface area contributed by atoms with E-state index in [2.05, 4.69) is 10.6 Å². The number of fused-ring (bicyclic) bond motifs is 1. The van der Waals surface area contributed by atoms with Gasteiger partial charge >= 0.3 is 0 Å². The molecule has 1 aliphatic heterocycles. The van der Waals surface area contributed by atoms with Gasteiger partial charge in [-0.1, -0.05) is 12.1 Å². The van der Waals surface area contributed by atoms with Crippen molar-refractivity contribution in [1.29, 1.82) is 0 Å². The molecule has 1 aromatic heterocycles. The number of hydrogen-bond acceptors (Lipinski definition) is 4. The lowest BCUT2D eigenvalue weighted by molar-refractivity contribution is 0.0903. The number of nitrogens with one attached hydrogen (secondary N) is 2. The van der Waals surface area contributed by atoms with Crippen molar-refractivity contribution >= 4 is 16.9 Å². The maximum absolute atomic E-state index is 12.1. The molecule has 0 spiro atoms. The highest BCUT2D eigenvalue weighted by molar-refractivity contribution is 5.93. The molecular formula is C15H16N2O3. The average molecular weight is 272 g/mol. The topological polar surface area (TPSA) is 71.3 Å². The van der Waals surface area contributed by atoms with Crippen LogP contribution in [0.5, 0.6) is 0 Å². The Balaban J connectivity index is 1.86. The molecule has 1 saturated heterocycles. The monoisotopic (exact) mass is 272 g/mol. The van der Waals surface area contributed by atoms with Crippen LogP contribution >= 0.6 is 0 Å². The molecule has 0 aliphatic carbocycles. The largest absolute Gasteiger partial charge is 0.451 e. The lowest BCUT2D eigenvalue weighted by Gasteiger charge is -2.23. The predicted molar refractivity (Wildman–Crippen MR) is 75.8 cm³/mol. The highest BCUT2D eigenvalue weighted by Gasteiger charge is 2.18. The number of hydrogen-bond donors (Lipinski definition) is 2. The van der Waals surface area contributed by atoms with Crippen molar-refractivity contribution in [2.45, 2.75) is 18.9 Å². The van der Waals surface area contributed by atoms with Gasteiger partial charge in [0.15, 0.2) is 11.2 Å². The summed E-state index contributed by atoms with van der Waals surface area (Å²) in [5, 5.41) is 6.61. The first kappa shape index (κ1) is 12.9. The highest BCUT2D eigenvalue weighted by atomic mass is 16.3. The van der Waals surface area contributed by atoms with Crippen LogP contribution in [0, 0.1) is 0 Å². The van der Waals surface area contributed by atoms with Crippen LogP contribution in [0.15, 0.2) is 39.5 Å². The van der Waals surface area contributed by atoms with Crippen molar-refractivity contribution in [2.75, 3.05) is 13.1 Å². The third-order valence-corrected chi connectivity index (χ3v) is 3.49. The quantitative estimate of drug-likeness (QED) is 0.863. The van der Waals surface area contributed by atoms with E-state index in [-0.39, 0.29) is 23.1 Å². The Bertz CT molecular complexity index is 687. The van der Waals surface area contributed by atoms with E-state index in [1.807, 2.05) is 0 Å². The highest BCUT2D eigenvalue weighted by Crippen LogP contribution is 2.12. The third-order valence-electron chi connectivity index (χ3n) is 3.49. The molecule has 104 valence electrons. The van der Waals surface area contributed by atoms with E-state index >= 15 is 0 Å². The molecule has 5 heteroatoms. The van der Waals surface area contributed by atoms with Crippen molar-refractivity contribution in [1.82, 2.24) is 10.6 Å². The van der Waals surface area contributed by atoms with Crippen LogP contribution in [0.25, 0.3) is 11.0 Å². The van der Waals surface area contributed by atoms with Crippen molar-refractivity contribution in [3.63, 3.8) is 0 Å². The number of carbonyl (C=O) groups excluding carboxylic acids is 1. The fourth-order valence-electron chi connectivity index (χ4n) is 2.45. The van der Waals surface area contributed by atoms with Crippen LogP contribution in [0.3, 0.4) is 0 Å². The fourth-order valence-corrected chi connectivity index (χ4v) is 2.45. The first-order valence-corrected chi connectivity index (χ1v) is 6.78. The van der Waals surface area contributed by atoms with Gasteiger partial charge in [-0.3, -0.25) is 9.59 Å². The van der Waals surface area contributed by atoms with Gasteiger partial charge in [0, 0.05) is 18.7 Å². The molecular weight excluding hydrogens is 256 g/mol. The number of rotatable bonds is 2. The van der Waals surface area contributed by atoms with Gasteiger partial charge in [0.1, 0.15) is 5.58 Å². The fraction of sp³-hybridized carbons (Fsp3) is 0.333. The summed E-state index contributed by atoms with van der Waals surface area (Å²) in [6.45, 7) is 1.74. The molecule has 2 heterocycles. The molecule has 2 aromatic rings. The minimum absolute atomic E-state index is 0.0688. The molecule has 1 fully saturated rings. The first-order chi connectivity index (χ1) is 9.74. The second-order valence-electron chi connectivity index (χ2n) is 4.99. The van der Waals surface area contributed by atoms with E-state index in [1.165, 1.54) is 6.07 Å². The Hall–Kier alpha value is -2.14. The van der Waals surface area contributed by atoms with Crippen LogP contribution in [-0.4, -0.2) is 25.0 Å². The number of para-hydroxylation sites is 1.